The van der Waals surface area contributed by atoms with Gasteiger partial charge in [-0.3, -0.25) is 14.8 Å². The number of carbonyl (C=O) groups excluding carboxylic acids is 1. The van der Waals surface area contributed by atoms with Crippen LogP contribution in [0, 0.1) is 28.9 Å². The summed E-state index contributed by atoms with van der Waals surface area (Å²) in [5.74, 6) is -2.34. The lowest BCUT2D eigenvalue weighted by Gasteiger charge is -2.33. The van der Waals surface area contributed by atoms with Crippen molar-refractivity contribution in [1.82, 2.24) is 15.0 Å². The summed E-state index contributed by atoms with van der Waals surface area (Å²) in [5, 5.41) is 9.27. The first-order valence-electron chi connectivity index (χ1n) is 10.2. The number of hydrogen-bond donors (Lipinski definition) is 1. The molecule has 2 aromatic heterocycles. The van der Waals surface area contributed by atoms with Gasteiger partial charge in [-0.25, -0.2) is 18.7 Å². The van der Waals surface area contributed by atoms with Gasteiger partial charge in [0.2, 0.25) is 0 Å². The fourth-order valence-electron chi connectivity index (χ4n) is 4.73. The van der Waals surface area contributed by atoms with Gasteiger partial charge in [0.25, 0.3) is 0 Å². The largest absolute Gasteiger partial charge is 0.378 e. The van der Waals surface area contributed by atoms with Gasteiger partial charge in [-0.15, -0.1) is 0 Å². The van der Waals surface area contributed by atoms with Crippen LogP contribution in [0.15, 0.2) is 35.7 Å². The molecule has 0 saturated heterocycles. The number of rotatable bonds is 4. The van der Waals surface area contributed by atoms with Gasteiger partial charge in [0.05, 0.1) is 27.1 Å². The van der Waals surface area contributed by atoms with Crippen LogP contribution in [0.25, 0.3) is 11.0 Å². The number of thioether (sulfide) groups is 1. The molecule has 33 heavy (non-hydrogen) atoms. The Morgan fingerprint density at radius 2 is 2.09 bits per heavy atom. The zero-order valence-corrected chi connectivity index (χ0v) is 18.6. The minimum atomic E-state index is -1.17. The molecule has 0 spiro atoms. The van der Waals surface area contributed by atoms with Crippen molar-refractivity contribution in [1.29, 1.82) is 5.26 Å². The van der Waals surface area contributed by atoms with Gasteiger partial charge in [0.1, 0.15) is 23.7 Å². The highest BCUT2D eigenvalue weighted by Gasteiger charge is 2.69. The number of benzene rings is 1. The summed E-state index contributed by atoms with van der Waals surface area (Å²) in [6.45, 7) is 3.19. The van der Waals surface area contributed by atoms with Crippen LogP contribution >= 0.6 is 11.8 Å². The predicted molar refractivity (Wildman–Crippen MR) is 119 cm³/mol. The average molecular weight is 465 g/mol. The van der Waals surface area contributed by atoms with Crippen LogP contribution in [0.2, 0.25) is 0 Å². The first-order chi connectivity index (χ1) is 15.7. The molecule has 1 saturated carbocycles. The van der Waals surface area contributed by atoms with Crippen molar-refractivity contribution in [3.8, 4) is 6.07 Å². The SMILES string of the molecule is CC(=O)[C@]12C[C@H]1[C@@](C)(c1cc(Cc3ncnc4cc(C#N)cnc34)cc(F)c1F)N=C(N)S2. The molecule has 3 atom stereocenters. The van der Waals surface area contributed by atoms with Gasteiger partial charge in [-0.1, -0.05) is 11.8 Å². The molecule has 1 aliphatic carbocycles. The van der Waals surface area contributed by atoms with Crippen molar-refractivity contribution >= 4 is 33.7 Å². The molecule has 0 unspecified atom stereocenters. The van der Waals surface area contributed by atoms with E-state index in [1.54, 1.807) is 19.1 Å². The van der Waals surface area contributed by atoms with Gasteiger partial charge in [0.15, 0.2) is 16.8 Å². The monoisotopic (exact) mass is 464 g/mol. The number of halogens is 2. The van der Waals surface area contributed by atoms with Gasteiger partial charge < -0.3 is 5.73 Å². The average Bonchev–Trinajstić information content (AvgIpc) is 3.53. The van der Waals surface area contributed by atoms with Crippen LogP contribution in [0.1, 0.15) is 42.7 Å². The number of carbonyl (C=O) groups is 1. The fraction of sp³-hybridized carbons (Fsp3) is 0.304. The molecular formula is C23H18F2N6OS. The van der Waals surface area contributed by atoms with Crippen molar-refractivity contribution < 1.29 is 13.6 Å². The highest BCUT2D eigenvalue weighted by Crippen LogP contribution is 2.66. The number of aromatic nitrogens is 3. The van der Waals surface area contributed by atoms with Crippen LogP contribution in [0.4, 0.5) is 8.78 Å². The summed E-state index contributed by atoms with van der Waals surface area (Å²) in [7, 11) is 0. The fourth-order valence-corrected chi connectivity index (χ4v) is 6.10. The lowest BCUT2D eigenvalue weighted by atomic mass is 9.84. The second-order valence-electron chi connectivity index (χ2n) is 8.54. The number of Topliss-reactive ketones (excluding diaryl/α,β-unsaturated/α-hetero) is 1. The third-order valence-corrected chi connectivity index (χ3v) is 7.90. The number of pyridine rings is 1. The van der Waals surface area contributed by atoms with E-state index in [4.69, 9.17) is 11.0 Å². The number of nitriles is 1. The van der Waals surface area contributed by atoms with E-state index in [1.165, 1.54) is 31.2 Å². The first-order valence-corrected chi connectivity index (χ1v) is 11.0. The smallest absolute Gasteiger partial charge is 0.164 e. The summed E-state index contributed by atoms with van der Waals surface area (Å²) in [4.78, 5) is 29.5. The molecule has 166 valence electrons. The Bertz CT molecular complexity index is 1420. The molecule has 2 aliphatic rings. The molecule has 3 aromatic rings. The van der Waals surface area contributed by atoms with E-state index in [0.29, 0.717) is 34.3 Å². The Kier molecular flexibility index (Phi) is 4.72. The third kappa shape index (κ3) is 3.26. The molecule has 0 radical (unpaired) electrons. The number of nitrogens with two attached hydrogens (primary N) is 1. The Hall–Kier alpha value is -3.45. The summed E-state index contributed by atoms with van der Waals surface area (Å²) < 4.78 is 29.1. The van der Waals surface area contributed by atoms with E-state index in [1.807, 2.05) is 6.07 Å². The lowest BCUT2D eigenvalue weighted by Crippen LogP contribution is -2.39. The van der Waals surface area contributed by atoms with Crippen LogP contribution in [-0.2, 0) is 16.8 Å². The molecular weight excluding hydrogens is 446 g/mol. The maximum absolute atomic E-state index is 15.1. The third-order valence-electron chi connectivity index (χ3n) is 6.50. The van der Waals surface area contributed by atoms with E-state index in [9.17, 15) is 9.18 Å². The summed E-state index contributed by atoms with van der Waals surface area (Å²) in [5.41, 5.74) is 7.21. The van der Waals surface area contributed by atoms with Gasteiger partial charge in [-0.05, 0) is 44.0 Å². The van der Waals surface area contributed by atoms with E-state index < -0.39 is 21.9 Å². The normalized spacial score (nSPS) is 25.8. The molecule has 1 aliphatic heterocycles. The zero-order valence-electron chi connectivity index (χ0n) is 17.8. The Balaban J connectivity index is 1.59. The number of hydrogen-bond acceptors (Lipinski definition) is 8. The summed E-state index contributed by atoms with van der Waals surface area (Å²) >= 11 is 1.20. The first kappa shape index (κ1) is 21.4. The molecule has 0 bridgehead atoms. The number of fused-ring (bicyclic) bond motifs is 2. The molecule has 0 amide bonds. The minimum Gasteiger partial charge on any atom is -0.378 e. The number of aliphatic imine (C=N–C) groups is 1. The lowest BCUT2D eigenvalue weighted by molar-refractivity contribution is -0.117. The van der Waals surface area contributed by atoms with Crippen molar-refractivity contribution in [2.45, 2.75) is 37.0 Å². The van der Waals surface area contributed by atoms with Crippen LogP contribution in [0.3, 0.4) is 0 Å². The van der Waals surface area contributed by atoms with E-state index in [-0.39, 0.29) is 28.9 Å². The Morgan fingerprint density at radius 3 is 2.82 bits per heavy atom. The number of nitrogens with zero attached hydrogens (tertiary/aromatic N) is 5. The van der Waals surface area contributed by atoms with Crippen molar-refractivity contribution in [3.05, 3.63) is 64.7 Å². The van der Waals surface area contributed by atoms with Gasteiger partial charge in [-0.2, -0.15) is 5.26 Å². The summed E-state index contributed by atoms with van der Waals surface area (Å²) in [6, 6.07) is 6.29. The van der Waals surface area contributed by atoms with E-state index in [2.05, 4.69) is 19.9 Å². The molecule has 1 aromatic carbocycles. The Morgan fingerprint density at radius 1 is 1.30 bits per heavy atom. The maximum Gasteiger partial charge on any atom is 0.164 e. The standard InChI is InChI=1S/C23H18F2N6OS/c1-11(32)23-7-18(23)22(2,31-21(27)33-23)14-3-12(4-15(24)19(14)25)5-16-20-17(30-10-29-16)6-13(8-26)9-28-20/h3-4,6,9-10,18H,5,7H2,1-2H3,(H2,27,31)/t18-,22+,23+/m0/s1. The van der Waals surface area contributed by atoms with Gasteiger partial charge in [0, 0.05) is 24.1 Å². The van der Waals surface area contributed by atoms with Crippen LogP contribution < -0.4 is 5.73 Å². The molecule has 2 N–H and O–H groups in total. The van der Waals surface area contributed by atoms with Crippen molar-refractivity contribution in [3.63, 3.8) is 0 Å². The summed E-state index contributed by atoms with van der Waals surface area (Å²) in [6.07, 6.45) is 3.42. The van der Waals surface area contributed by atoms with Gasteiger partial charge >= 0.3 is 0 Å². The number of ketones is 1. The quantitative estimate of drug-likeness (QED) is 0.629. The topological polar surface area (TPSA) is 118 Å². The van der Waals surface area contributed by atoms with Crippen LogP contribution in [0.5, 0.6) is 0 Å². The maximum atomic E-state index is 15.1. The molecule has 3 heterocycles. The van der Waals surface area contributed by atoms with Crippen LogP contribution in [-0.4, -0.2) is 30.6 Å². The van der Waals surface area contributed by atoms with E-state index in [0.717, 1.165) is 6.07 Å². The predicted octanol–water partition coefficient (Wildman–Crippen LogP) is 3.39. The van der Waals surface area contributed by atoms with Crippen molar-refractivity contribution in [2.24, 2.45) is 16.6 Å². The second-order valence-corrected chi connectivity index (χ2v) is 9.89. The highest BCUT2D eigenvalue weighted by atomic mass is 32.2. The zero-order chi connectivity index (χ0) is 23.5. The molecule has 10 heteroatoms. The minimum absolute atomic E-state index is 0.0473. The highest BCUT2D eigenvalue weighted by molar-refractivity contribution is 8.15. The Labute approximate surface area is 192 Å². The molecule has 1 fully saturated rings. The molecule has 5 rings (SSSR count). The van der Waals surface area contributed by atoms with Crippen molar-refractivity contribution in [2.75, 3.05) is 0 Å². The second kappa shape index (κ2) is 7.28. The number of amidine groups is 1. The molecule has 7 nitrogen and oxygen atoms in total. The van der Waals surface area contributed by atoms with E-state index >= 15 is 4.39 Å².